The highest BCUT2D eigenvalue weighted by molar-refractivity contribution is 9.10. The van der Waals surface area contributed by atoms with E-state index in [9.17, 15) is 5.11 Å². The van der Waals surface area contributed by atoms with Gasteiger partial charge in [0.1, 0.15) is 5.75 Å². The molecule has 19 heavy (non-hydrogen) atoms. The van der Waals surface area contributed by atoms with Gasteiger partial charge in [0.15, 0.2) is 0 Å². The van der Waals surface area contributed by atoms with E-state index in [1.165, 1.54) is 24.8 Å². The maximum Gasteiger partial charge on any atom is 0.133 e. The molecule has 1 aromatic rings. The quantitative estimate of drug-likeness (QED) is 0.842. The number of hydrogen-bond donors (Lipinski definition) is 2. The lowest BCUT2D eigenvalue weighted by Gasteiger charge is -2.35. The summed E-state index contributed by atoms with van der Waals surface area (Å²) >= 11 is 3.51. The Morgan fingerprint density at radius 3 is 2.68 bits per heavy atom. The number of hydrogen-bond acceptors (Lipinski definition) is 3. The van der Waals surface area contributed by atoms with E-state index in [2.05, 4.69) is 40.3 Å². The molecule has 1 aliphatic carbocycles. The summed E-state index contributed by atoms with van der Waals surface area (Å²) in [4.78, 5) is 0. The summed E-state index contributed by atoms with van der Waals surface area (Å²) in [5.74, 6) is 1.47. The molecule has 2 unspecified atom stereocenters. The Kier molecular flexibility index (Phi) is 5.25. The fourth-order valence-corrected chi connectivity index (χ4v) is 3.11. The van der Waals surface area contributed by atoms with Gasteiger partial charge in [0.25, 0.3) is 0 Å². The monoisotopic (exact) mass is 327 g/mol. The fraction of sp³-hybridized carbons (Fsp3) is 0.600. The molecule has 0 spiro atoms. The van der Waals surface area contributed by atoms with Gasteiger partial charge >= 0.3 is 0 Å². The Morgan fingerprint density at radius 2 is 2.21 bits per heavy atom. The predicted octanol–water partition coefficient (Wildman–Crippen LogP) is 3.27. The maximum absolute atomic E-state index is 9.50. The van der Waals surface area contributed by atoms with Crippen LogP contribution in [0.5, 0.6) is 5.75 Å². The van der Waals surface area contributed by atoms with Crippen molar-refractivity contribution in [3.63, 3.8) is 0 Å². The number of ether oxygens (including phenoxy) is 1. The second kappa shape index (κ2) is 6.73. The summed E-state index contributed by atoms with van der Waals surface area (Å²) in [6, 6.07) is 6.54. The zero-order valence-electron chi connectivity index (χ0n) is 11.5. The third-order valence-corrected chi connectivity index (χ3v) is 4.68. The molecule has 0 heterocycles. The number of methoxy groups -OCH3 is 1. The molecule has 0 aliphatic heterocycles. The Labute approximate surface area is 123 Å². The molecule has 1 aromatic carbocycles. The third-order valence-electron chi connectivity index (χ3n) is 4.06. The van der Waals surface area contributed by atoms with E-state index in [0.717, 1.165) is 10.2 Å². The number of benzene rings is 1. The van der Waals surface area contributed by atoms with E-state index in [-0.39, 0.29) is 18.7 Å². The molecule has 1 aliphatic rings. The van der Waals surface area contributed by atoms with Crippen LogP contribution in [0.25, 0.3) is 0 Å². The van der Waals surface area contributed by atoms with Gasteiger partial charge in [-0.15, -0.1) is 0 Å². The van der Waals surface area contributed by atoms with Crippen LogP contribution in [0.2, 0.25) is 0 Å². The molecule has 0 saturated heterocycles. The summed E-state index contributed by atoms with van der Waals surface area (Å²) in [5, 5.41) is 13.0. The van der Waals surface area contributed by atoms with Crippen LogP contribution in [-0.4, -0.2) is 24.9 Å². The summed E-state index contributed by atoms with van der Waals surface area (Å²) in [6.07, 6.45) is 3.76. The van der Waals surface area contributed by atoms with E-state index in [1.807, 2.05) is 6.07 Å². The largest absolute Gasteiger partial charge is 0.496 e. The Morgan fingerprint density at radius 1 is 1.47 bits per heavy atom. The third kappa shape index (κ3) is 3.50. The molecule has 0 radical (unpaired) electrons. The van der Waals surface area contributed by atoms with Crippen LogP contribution in [0.4, 0.5) is 0 Å². The molecule has 1 saturated carbocycles. The normalized spacial score (nSPS) is 18.7. The molecule has 2 atom stereocenters. The number of nitrogens with one attached hydrogen (secondary N) is 1. The highest BCUT2D eigenvalue weighted by Crippen LogP contribution is 2.32. The first-order valence-electron chi connectivity index (χ1n) is 6.86. The highest BCUT2D eigenvalue weighted by atomic mass is 79.9. The van der Waals surface area contributed by atoms with Crippen molar-refractivity contribution in [1.82, 2.24) is 5.32 Å². The molecule has 3 nitrogen and oxygen atoms in total. The number of rotatable bonds is 6. The number of halogens is 1. The zero-order chi connectivity index (χ0) is 13.8. The van der Waals surface area contributed by atoms with Gasteiger partial charge in [-0.2, -0.15) is 0 Å². The molecule has 0 bridgehead atoms. The molecule has 1 fully saturated rings. The van der Waals surface area contributed by atoms with Crippen LogP contribution < -0.4 is 10.1 Å². The van der Waals surface area contributed by atoms with Crippen LogP contribution in [0.3, 0.4) is 0 Å². The Hall–Kier alpha value is -0.580. The van der Waals surface area contributed by atoms with Gasteiger partial charge in [-0.05, 0) is 59.3 Å². The summed E-state index contributed by atoms with van der Waals surface area (Å²) < 4.78 is 6.20. The Bertz CT molecular complexity index is 421. The van der Waals surface area contributed by atoms with Crippen molar-refractivity contribution < 1.29 is 9.84 Å². The number of aliphatic hydroxyl groups is 1. The lowest BCUT2D eigenvalue weighted by Crippen LogP contribution is -2.43. The predicted molar refractivity (Wildman–Crippen MR) is 80.5 cm³/mol. The van der Waals surface area contributed by atoms with Gasteiger partial charge in [-0.25, -0.2) is 0 Å². The van der Waals surface area contributed by atoms with Gasteiger partial charge in [0, 0.05) is 12.1 Å². The van der Waals surface area contributed by atoms with Crippen molar-refractivity contribution in [3.05, 3.63) is 28.2 Å². The average Bonchev–Trinajstić information content (AvgIpc) is 2.35. The van der Waals surface area contributed by atoms with Crippen LogP contribution in [-0.2, 0) is 0 Å². The minimum Gasteiger partial charge on any atom is -0.496 e. The summed E-state index contributed by atoms with van der Waals surface area (Å²) in [7, 11) is 1.67. The highest BCUT2D eigenvalue weighted by Gasteiger charge is 2.27. The zero-order valence-corrected chi connectivity index (χ0v) is 13.1. The first-order chi connectivity index (χ1) is 9.15. The topological polar surface area (TPSA) is 41.5 Å². The molecule has 0 amide bonds. The lowest BCUT2D eigenvalue weighted by atomic mass is 9.79. The van der Waals surface area contributed by atoms with Crippen molar-refractivity contribution in [1.29, 1.82) is 0 Å². The van der Waals surface area contributed by atoms with Gasteiger partial charge in [-0.1, -0.05) is 12.5 Å². The summed E-state index contributed by atoms with van der Waals surface area (Å²) in [5.41, 5.74) is 1.20. The average molecular weight is 328 g/mol. The van der Waals surface area contributed by atoms with Crippen LogP contribution in [0.15, 0.2) is 22.7 Å². The van der Waals surface area contributed by atoms with E-state index in [0.29, 0.717) is 5.92 Å². The second-order valence-corrected chi connectivity index (χ2v) is 6.12. The molecular formula is C15H22BrNO2. The molecule has 2 rings (SSSR count). The maximum atomic E-state index is 9.50. The Balaban J connectivity index is 2.01. The van der Waals surface area contributed by atoms with Gasteiger partial charge in [0.2, 0.25) is 0 Å². The first-order valence-corrected chi connectivity index (χ1v) is 7.65. The standard InChI is InChI=1S/C15H22BrNO2/c1-10(17-14(9-18)11-4-3-5-11)12-6-7-15(19-2)13(16)8-12/h6-8,10-11,14,17-18H,3-5,9H2,1-2H3. The summed E-state index contributed by atoms with van der Waals surface area (Å²) in [6.45, 7) is 2.35. The lowest BCUT2D eigenvalue weighted by molar-refractivity contribution is 0.141. The molecule has 4 heteroatoms. The minimum absolute atomic E-state index is 0.213. The van der Waals surface area contributed by atoms with Crippen molar-refractivity contribution in [2.75, 3.05) is 13.7 Å². The van der Waals surface area contributed by atoms with Crippen molar-refractivity contribution in [2.45, 2.75) is 38.3 Å². The number of aliphatic hydroxyl groups excluding tert-OH is 1. The first kappa shape index (κ1) is 14.8. The van der Waals surface area contributed by atoms with Crippen LogP contribution in [0, 0.1) is 5.92 Å². The van der Waals surface area contributed by atoms with Crippen LogP contribution >= 0.6 is 15.9 Å². The molecule has 106 valence electrons. The molecular weight excluding hydrogens is 306 g/mol. The van der Waals surface area contributed by atoms with Gasteiger partial charge in [-0.3, -0.25) is 0 Å². The van der Waals surface area contributed by atoms with Gasteiger partial charge < -0.3 is 15.2 Å². The molecule has 2 N–H and O–H groups in total. The smallest absolute Gasteiger partial charge is 0.133 e. The van der Waals surface area contributed by atoms with E-state index in [1.54, 1.807) is 7.11 Å². The SMILES string of the molecule is COc1ccc(C(C)NC(CO)C2CCC2)cc1Br. The van der Waals surface area contributed by atoms with Crippen molar-refractivity contribution in [3.8, 4) is 5.75 Å². The second-order valence-electron chi connectivity index (χ2n) is 5.26. The van der Waals surface area contributed by atoms with Crippen molar-refractivity contribution >= 4 is 15.9 Å². The van der Waals surface area contributed by atoms with E-state index < -0.39 is 0 Å². The van der Waals surface area contributed by atoms with Gasteiger partial charge in [0.05, 0.1) is 18.2 Å². The minimum atomic E-state index is 0.213. The van der Waals surface area contributed by atoms with E-state index >= 15 is 0 Å². The van der Waals surface area contributed by atoms with Crippen molar-refractivity contribution in [2.24, 2.45) is 5.92 Å². The molecule has 0 aromatic heterocycles. The fourth-order valence-electron chi connectivity index (χ4n) is 2.55. The van der Waals surface area contributed by atoms with E-state index in [4.69, 9.17) is 4.74 Å². The van der Waals surface area contributed by atoms with Crippen LogP contribution in [0.1, 0.15) is 37.8 Å².